The van der Waals surface area contributed by atoms with Crippen LogP contribution < -0.4 is 11.1 Å². The Morgan fingerprint density at radius 1 is 1.33 bits per heavy atom. The monoisotopic (exact) mass is 353 g/mol. The molecule has 1 aromatic heterocycles. The van der Waals surface area contributed by atoms with Gasteiger partial charge in [-0.25, -0.2) is 0 Å². The number of carbonyl (C=O) groups excluding carboxylic acids is 2. The maximum atomic E-state index is 12.2. The second-order valence-electron chi connectivity index (χ2n) is 6.65. The van der Waals surface area contributed by atoms with Crippen LogP contribution in [0, 0.1) is 11.8 Å². The number of primary amides is 1. The van der Waals surface area contributed by atoms with E-state index in [0.717, 1.165) is 6.42 Å². The molecule has 7 nitrogen and oxygen atoms in total. The normalized spacial score (nSPS) is 23.9. The number of hydrogen-bond donors (Lipinski definition) is 2. The highest BCUT2D eigenvalue weighted by Gasteiger charge is 2.28. The lowest BCUT2D eigenvalue weighted by Gasteiger charge is -2.34. The number of aromatic nitrogens is 3. The largest absolute Gasteiger partial charge is 0.370 e. The Hall–Kier alpha value is -1.57. The zero-order chi connectivity index (χ0) is 17.7. The van der Waals surface area contributed by atoms with Gasteiger partial charge in [0, 0.05) is 25.9 Å². The summed E-state index contributed by atoms with van der Waals surface area (Å²) in [5, 5.41) is 12.0. The second kappa shape index (κ2) is 8.50. The summed E-state index contributed by atoms with van der Waals surface area (Å²) in [5.74, 6) is 1.87. The molecule has 1 fully saturated rings. The van der Waals surface area contributed by atoms with Gasteiger partial charge in [-0.2, -0.15) is 0 Å². The quantitative estimate of drug-likeness (QED) is 0.719. The van der Waals surface area contributed by atoms with Gasteiger partial charge in [0.25, 0.3) is 0 Å². The van der Waals surface area contributed by atoms with Gasteiger partial charge in [-0.15, -0.1) is 10.2 Å². The van der Waals surface area contributed by atoms with Crippen LogP contribution in [0.15, 0.2) is 5.16 Å². The first kappa shape index (κ1) is 18.8. The van der Waals surface area contributed by atoms with E-state index in [2.05, 4.69) is 29.4 Å². The minimum absolute atomic E-state index is 0.0348. The molecule has 0 unspecified atom stereocenters. The standard InChI is InChI=1S/C16H27N5O2S/c1-10-5-4-6-12(11(10)2)18-15(23)9-24-16-20-19-14(21(16)3)8-7-13(17)22/h10-12H,4-9H2,1-3H3,(H2,17,22)(H,18,23)/t10-,11-,12-/m1/s1. The number of rotatable bonds is 7. The summed E-state index contributed by atoms with van der Waals surface area (Å²) in [6, 6.07) is 0.271. The van der Waals surface area contributed by atoms with E-state index >= 15 is 0 Å². The van der Waals surface area contributed by atoms with E-state index in [1.54, 1.807) is 0 Å². The average molecular weight is 353 g/mol. The summed E-state index contributed by atoms with van der Waals surface area (Å²) >= 11 is 1.36. The van der Waals surface area contributed by atoms with Crippen molar-refractivity contribution in [3.05, 3.63) is 5.82 Å². The van der Waals surface area contributed by atoms with Crippen molar-refractivity contribution in [1.29, 1.82) is 0 Å². The molecule has 0 radical (unpaired) electrons. The zero-order valence-electron chi connectivity index (χ0n) is 14.6. The highest BCUT2D eigenvalue weighted by atomic mass is 32.2. The van der Waals surface area contributed by atoms with E-state index in [-0.39, 0.29) is 24.3 Å². The lowest BCUT2D eigenvalue weighted by atomic mass is 9.78. The molecule has 1 aromatic rings. The maximum absolute atomic E-state index is 12.2. The molecule has 0 aliphatic heterocycles. The fourth-order valence-corrected chi connectivity index (χ4v) is 3.83. The Labute approximate surface area is 147 Å². The van der Waals surface area contributed by atoms with Gasteiger partial charge in [-0.1, -0.05) is 38.5 Å². The molecular weight excluding hydrogens is 326 g/mol. The SMILES string of the molecule is C[C@@H]1[C@H](C)CCC[C@H]1NC(=O)CSc1nnc(CCC(N)=O)n1C. The number of hydrogen-bond acceptors (Lipinski definition) is 5. The summed E-state index contributed by atoms with van der Waals surface area (Å²) in [4.78, 5) is 23.1. The first-order valence-corrected chi connectivity index (χ1v) is 9.45. The first-order chi connectivity index (χ1) is 11.4. The number of nitrogens with one attached hydrogen (secondary N) is 1. The van der Waals surface area contributed by atoms with Gasteiger partial charge in [0.2, 0.25) is 11.8 Å². The molecule has 3 N–H and O–H groups in total. The van der Waals surface area contributed by atoms with Gasteiger partial charge < -0.3 is 15.6 Å². The number of carbonyl (C=O) groups is 2. The molecule has 8 heteroatoms. The molecule has 1 aliphatic carbocycles. The predicted octanol–water partition coefficient (Wildman–Crippen LogP) is 1.27. The number of nitrogens with two attached hydrogens (primary N) is 1. The van der Waals surface area contributed by atoms with Gasteiger partial charge >= 0.3 is 0 Å². The Morgan fingerprint density at radius 2 is 2.08 bits per heavy atom. The Kier molecular flexibility index (Phi) is 6.65. The fourth-order valence-electron chi connectivity index (χ4n) is 3.09. The predicted molar refractivity (Wildman–Crippen MR) is 93.4 cm³/mol. The summed E-state index contributed by atoms with van der Waals surface area (Å²) in [7, 11) is 1.83. The van der Waals surface area contributed by atoms with E-state index in [4.69, 9.17) is 5.73 Å². The van der Waals surface area contributed by atoms with Gasteiger partial charge in [-0.05, 0) is 18.3 Å². The van der Waals surface area contributed by atoms with E-state index in [0.29, 0.717) is 35.0 Å². The molecule has 24 heavy (non-hydrogen) atoms. The third-order valence-corrected chi connectivity index (χ3v) is 5.93. The Bertz CT molecular complexity index is 589. The fraction of sp³-hybridized carbons (Fsp3) is 0.750. The molecule has 2 amide bonds. The van der Waals surface area contributed by atoms with Gasteiger partial charge in [0.05, 0.1) is 5.75 Å². The van der Waals surface area contributed by atoms with E-state index in [9.17, 15) is 9.59 Å². The third-order valence-electron chi connectivity index (χ3n) is 4.91. The van der Waals surface area contributed by atoms with Crippen LogP contribution in [0.2, 0.25) is 0 Å². The van der Waals surface area contributed by atoms with Crippen LogP contribution in [0.3, 0.4) is 0 Å². The minimum Gasteiger partial charge on any atom is -0.370 e. The van der Waals surface area contributed by atoms with Crippen molar-refractivity contribution in [2.75, 3.05) is 5.75 Å². The third kappa shape index (κ3) is 4.96. The molecule has 134 valence electrons. The number of amides is 2. The molecule has 2 rings (SSSR count). The Morgan fingerprint density at radius 3 is 2.79 bits per heavy atom. The van der Waals surface area contributed by atoms with Crippen LogP contribution in [0.25, 0.3) is 0 Å². The molecule has 1 aliphatic rings. The molecule has 1 saturated carbocycles. The van der Waals surface area contributed by atoms with E-state index in [1.165, 1.54) is 24.6 Å². The molecule has 3 atom stereocenters. The molecule has 0 bridgehead atoms. The second-order valence-corrected chi connectivity index (χ2v) is 7.60. The smallest absolute Gasteiger partial charge is 0.230 e. The number of nitrogens with zero attached hydrogens (tertiary/aromatic N) is 3. The van der Waals surface area contributed by atoms with Crippen molar-refractivity contribution < 1.29 is 9.59 Å². The molecule has 1 heterocycles. The van der Waals surface area contributed by atoms with E-state index in [1.807, 2.05) is 11.6 Å². The Balaban J connectivity index is 1.82. The van der Waals surface area contributed by atoms with Crippen molar-refractivity contribution >= 4 is 23.6 Å². The highest BCUT2D eigenvalue weighted by molar-refractivity contribution is 7.99. The van der Waals surface area contributed by atoms with Crippen LogP contribution in [0.5, 0.6) is 0 Å². The number of aryl methyl sites for hydroxylation is 1. The lowest BCUT2D eigenvalue weighted by molar-refractivity contribution is -0.120. The summed E-state index contributed by atoms with van der Waals surface area (Å²) in [6.07, 6.45) is 4.19. The average Bonchev–Trinajstić information content (AvgIpc) is 2.88. The lowest BCUT2D eigenvalue weighted by Crippen LogP contribution is -2.44. The molecular formula is C16H27N5O2S. The molecule has 0 aromatic carbocycles. The zero-order valence-corrected chi connectivity index (χ0v) is 15.4. The van der Waals surface area contributed by atoms with Crippen LogP contribution in [-0.4, -0.2) is 38.4 Å². The van der Waals surface area contributed by atoms with Crippen molar-refractivity contribution in [3.8, 4) is 0 Å². The summed E-state index contributed by atoms with van der Waals surface area (Å²) in [5.41, 5.74) is 5.15. The highest BCUT2D eigenvalue weighted by Crippen LogP contribution is 2.29. The van der Waals surface area contributed by atoms with Crippen LogP contribution in [0.1, 0.15) is 45.4 Å². The van der Waals surface area contributed by atoms with Crippen molar-refractivity contribution in [2.24, 2.45) is 24.6 Å². The van der Waals surface area contributed by atoms with Crippen LogP contribution >= 0.6 is 11.8 Å². The first-order valence-electron chi connectivity index (χ1n) is 8.47. The van der Waals surface area contributed by atoms with Gasteiger partial charge in [0.1, 0.15) is 5.82 Å². The van der Waals surface area contributed by atoms with Crippen LogP contribution in [-0.2, 0) is 23.1 Å². The summed E-state index contributed by atoms with van der Waals surface area (Å²) < 4.78 is 1.81. The van der Waals surface area contributed by atoms with E-state index < -0.39 is 0 Å². The molecule has 0 spiro atoms. The summed E-state index contributed by atoms with van der Waals surface area (Å²) in [6.45, 7) is 4.47. The molecule has 0 saturated heterocycles. The van der Waals surface area contributed by atoms with Gasteiger partial charge in [-0.3, -0.25) is 9.59 Å². The van der Waals surface area contributed by atoms with Gasteiger partial charge in [0.15, 0.2) is 5.16 Å². The van der Waals surface area contributed by atoms with Crippen molar-refractivity contribution in [3.63, 3.8) is 0 Å². The topological polar surface area (TPSA) is 103 Å². The van der Waals surface area contributed by atoms with Crippen molar-refractivity contribution in [2.45, 2.75) is 57.1 Å². The van der Waals surface area contributed by atoms with Crippen molar-refractivity contribution in [1.82, 2.24) is 20.1 Å². The van der Waals surface area contributed by atoms with Crippen LogP contribution in [0.4, 0.5) is 0 Å². The minimum atomic E-state index is -0.359. The maximum Gasteiger partial charge on any atom is 0.230 e. The number of thioether (sulfide) groups is 1.